The van der Waals surface area contributed by atoms with Gasteiger partial charge < -0.3 is 5.32 Å². The summed E-state index contributed by atoms with van der Waals surface area (Å²) in [5, 5.41) is 3.04. The fourth-order valence-corrected chi connectivity index (χ4v) is 4.53. The summed E-state index contributed by atoms with van der Waals surface area (Å²) in [6, 6.07) is 5.31. The van der Waals surface area contributed by atoms with Gasteiger partial charge in [-0.25, -0.2) is 13.1 Å². The van der Waals surface area contributed by atoms with Crippen molar-refractivity contribution in [3.05, 3.63) is 28.2 Å². The molecule has 0 bridgehead atoms. The van der Waals surface area contributed by atoms with Gasteiger partial charge in [0.2, 0.25) is 10.0 Å². The summed E-state index contributed by atoms with van der Waals surface area (Å²) >= 11 is 3.36. The lowest BCUT2D eigenvalue weighted by molar-refractivity contribution is 0.512. The van der Waals surface area contributed by atoms with E-state index in [4.69, 9.17) is 0 Å². The topological polar surface area (TPSA) is 58.2 Å². The Hall–Kier alpha value is -0.430. The Morgan fingerprint density at radius 1 is 1.30 bits per heavy atom. The average Bonchev–Trinajstić information content (AvgIpc) is 2.38. The Morgan fingerprint density at radius 2 is 2.00 bits per heavy atom. The van der Waals surface area contributed by atoms with Crippen LogP contribution in [0.3, 0.4) is 0 Å². The maximum Gasteiger partial charge on any atom is 0.241 e. The molecule has 0 aliphatic rings. The van der Waals surface area contributed by atoms with Gasteiger partial charge in [-0.2, -0.15) is 0 Å². The summed E-state index contributed by atoms with van der Waals surface area (Å²) in [7, 11) is -1.62. The minimum absolute atomic E-state index is 0.00566. The first kappa shape index (κ1) is 17.6. The number of benzene rings is 1. The number of nitrogens with one attached hydrogen (secondary N) is 2. The predicted octanol–water partition coefficient (Wildman–Crippen LogP) is 3.03. The fraction of sp³-hybridized carbons (Fsp3) is 0.571. The molecule has 1 aromatic rings. The van der Waals surface area contributed by atoms with Gasteiger partial charge in [0.25, 0.3) is 0 Å². The van der Waals surface area contributed by atoms with Gasteiger partial charge in [0.15, 0.2) is 0 Å². The molecule has 0 amide bonds. The van der Waals surface area contributed by atoms with E-state index in [2.05, 4.69) is 32.9 Å². The van der Waals surface area contributed by atoms with Crippen molar-refractivity contribution in [1.82, 2.24) is 10.0 Å². The molecule has 1 aromatic carbocycles. The molecule has 1 atom stereocenters. The fourth-order valence-electron chi connectivity index (χ4n) is 2.05. The molecule has 2 N–H and O–H groups in total. The first-order chi connectivity index (χ1) is 9.44. The summed E-state index contributed by atoms with van der Waals surface area (Å²) in [6.07, 6.45) is 2.61. The Kier molecular flexibility index (Phi) is 7.15. The minimum Gasteiger partial charge on any atom is -0.316 e. The molecular weight excluding hydrogens is 340 g/mol. The van der Waals surface area contributed by atoms with Gasteiger partial charge in [0.05, 0.1) is 4.90 Å². The third kappa shape index (κ3) is 4.84. The second kappa shape index (κ2) is 8.12. The van der Waals surface area contributed by atoms with Crippen LogP contribution >= 0.6 is 15.9 Å². The molecule has 0 fully saturated rings. The minimum atomic E-state index is -3.47. The molecular formula is C14H23BrN2O2S. The largest absolute Gasteiger partial charge is 0.316 e. The average molecular weight is 363 g/mol. The van der Waals surface area contributed by atoms with Crippen molar-refractivity contribution < 1.29 is 8.42 Å². The monoisotopic (exact) mass is 362 g/mol. The maximum absolute atomic E-state index is 12.4. The SMILES string of the molecule is CCCC(CC)NS(=O)(=O)c1ccc(CNC)cc1Br. The molecule has 0 spiro atoms. The van der Waals surface area contributed by atoms with Gasteiger partial charge in [-0.1, -0.05) is 26.3 Å². The lowest BCUT2D eigenvalue weighted by Crippen LogP contribution is -2.34. The second-order valence-electron chi connectivity index (χ2n) is 4.81. The van der Waals surface area contributed by atoms with Gasteiger partial charge in [-0.15, -0.1) is 0 Å². The van der Waals surface area contributed by atoms with Gasteiger partial charge in [-0.05, 0) is 53.5 Å². The zero-order valence-electron chi connectivity index (χ0n) is 12.2. The van der Waals surface area contributed by atoms with E-state index in [1.54, 1.807) is 6.07 Å². The van der Waals surface area contributed by atoms with E-state index < -0.39 is 10.0 Å². The number of rotatable bonds is 8. The highest BCUT2D eigenvalue weighted by atomic mass is 79.9. The second-order valence-corrected chi connectivity index (χ2v) is 7.35. The number of hydrogen-bond donors (Lipinski definition) is 2. The van der Waals surface area contributed by atoms with Crippen molar-refractivity contribution in [3.8, 4) is 0 Å². The van der Waals surface area contributed by atoms with E-state index in [1.165, 1.54) is 0 Å². The molecule has 0 saturated carbocycles. The van der Waals surface area contributed by atoms with Crippen LogP contribution in [0.2, 0.25) is 0 Å². The molecule has 4 nitrogen and oxygen atoms in total. The normalized spacial score (nSPS) is 13.4. The van der Waals surface area contributed by atoms with Crippen LogP contribution in [-0.2, 0) is 16.6 Å². The molecule has 0 aromatic heterocycles. The van der Waals surface area contributed by atoms with E-state index in [0.29, 0.717) is 15.9 Å². The third-order valence-corrected chi connectivity index (χ3v) is 5.62. The number of hydrogen-bond acceptors (Lipinski definition) is 3. The van der Waals surface area contributed by atoms with Gasteiger partial charge in [-0.3, -0.25) is 0 Å². The lowest BCUT2D eigenvalue weighted by Gasteiger charge is -2.17. The van der Waals surface area contributed by atoms with Crippen molar-refractivity contribution >= 4 is 26.0 Å². The van der Waals surface area contributed by atoms with Crippen LogP contribution in [0.1, 0.15) is 38.7 Å². The molecule has 0 heterocycles. The van der Waals surface area contributed by atoms with Gasteiger partial charge in [0.1, 0.15) is 0 Å². The lowest BCUT2D eigenvalue weighted by atomic mass is 10.1. The number of halogens is 1. The predicted molar refractivity (Wildman–Crippen MR) is 86.2 cm³/mol. The smallest absolute Gasteiger partial charge is 0.241 e. The first-order valence-corrected chi connectivity index (χ1v) is 9.17. The molecule has 6 heteroatoms. The zero-order chi connectivity index (χ0) is 15.2. The van der Waals surface area contributed by atoms with Gasteiger partial charge >= 0.3 is 0 Å². The van der Waals surface area contributed by atoms with Crippen molar-refractivity contribution in [3.63, 3.8) is 0 Å². The Bertz CT molecular complexity index is 532. The van der Waals surface area contributed by atoms with Crippen LogP contribution in [0.4, 0.5) is 0 Å². The first-order valence-electron chi connectivity index (χ1n) is 6.90. The summed E-state index contributed by atoms with van der Waals surface area (Å²) in [4.78, 5) is 0.298. The zero-order valence-corrected chi connectivity index (χ0v) is 14.6. The van der Waals surface area contributed by atoms with Crippen molar-refractivity contribution in [1.29, 1.82) is 0 Å². The van der Waals surface area contributed by atoms with Gasteiger partial charge in [0, 0.05) is 17.1 Å². The summed E-state index contributed by atoms with van der Waals surface area (Å²) in [6.45, 7) is 4.76. The van der Waals surface area contributed by atoms with Crippen molar-refractivity contribution in [2.75, 3.05) is 7.05 Å². The Morgan fingerprint density at radius 3 is 2.50 bits per heavy atom. The molecule has 0 radical (unpaired) electrons. The Balaban J connectivity index is 2.97. The maximum atomic E-state index is 12.4. The Labute approximate surface area is 130 Å². The molecule has 0 saturated heterocycles. The van der Waals surface area contributed by atoms with Crippen molar-refractivity contribution in [2.45, 2.75) is 50.6 Å². The molecule has 1 unspecified atom stereocenters. The van der Waals surface area contributed by atoms with E-state index in [1.807, 2.05) is 26.1 Å². The molecule has 1 rings (SSSR count). The third-order valence-electron chi connectivity index (χ3n) is 3.12. The van der Waals surface area contributed by atoms with E-state index in [-0.39, 0.29) is 6.04 Å². The van der Waals surface area contributed by atoms with E-state index >= 15 is 0 Å². The summed E-state index contributed by atoms with van der Waals surface area (Å²) in [5.74, 6) is 0. The summed E-state index contributed by atoms with van der Waals surface area (Å²) in [5.41, 5.74) is 1.04. The van der Waals surface area contributed by atoms with E-state index in [9.17, 15) is 8.42 Å². The number of sulfonamides is 1. The van der Waals surface area contributed by atoms with Crippen LogP contribution in [0.5, 0.6) is 0 Å². The highest BCUT2D eigenvalue weighted by molar-refractivity contribution is 9.10. The molecule has 114 valence electrons. The van der Waals surface area contributed by atoms with Crippen LogP contribution in [0.25, 0.3) is 0 Å². The molecule has 0 aliphatic carbocycles. The summed E-state index contributed by atoms with van der Waals surface area (Å²) < 4.78 is 28.2. The van der Waals surface area contributed by atoms with Crippen LogP contribution < -0.4 is 10.0 Å². The highest BCUT2D eigenvalue weighted by Crippen LogP contribution is 2.24. The molecule has 0 aliphatic heterocycles. The standard InChI is InChI=1S/C14H23BrN2O2S/c1-4-6-12(5-2)17-20(18,19)14-8-7-11(10-16-3)9-13(14)15/h7-9,12,16-17H,4-6,10H2,1-3H3. The van der Waals surface area contributed by atoms with Crippen LogP contribution in [0, 0.1) is 0 Å². The van der Waals surface area contributed by atoms with E-state index in [0.717, 1.165) is 24.8 Å². The van der Waals surface area contributed by atoms with Crippen molar-refractivity contribution in [2.24, 2.45) is 0 Å². The molecule has 20 heavy (non-hydrogen) atoms. The van der Waals surface area contributed by atoms with Crippen LogP contribution in [-0.4, -0.2) is 21.5 Å². The highest BCUT2D eigenvalue weighted by Gasteiger charge is 2.21. The quantitative estimate of drug-likeness (QED) is 0.747. The van der Waals surface area contributed by atoms with Crippen LogP contribution in [0.15, 0.2) is 27.6 Å².